The Hall–Kier alpha value is -1.46. The van der Waals surface area contributed by atoms with E-state index < -0.39 is 0 Å². The van der Waals surface area contributed by atoms with Crippen LogP contribution in [0.5, 0.6) is 0 Å². The van der Waals surface area contributed by atoms with E-state index in [1.165, 1.54) is 71.8 Å². The molecule has 0 saturated carbocycles. The molecule has 1 heteroatoms. The number of allylic oxidation sites excluding steroid dienone is 4. The number of benzene rings is 2. The standard InChI is InChI=1S/C23H29.C13H21.C3H6.Zr/c1-14-9-16-11-17-10-15(2)21(23(6,7)8)13-19(17)18(16)12-20(14)22(3,4)5;1-5-6-7-11-8-9-12(10-11)13(2,3)4;1-3-2;/h9-13H,1-8H3;9-11H,5-7H2,1-4H3;1-2H3;/q2*-1;;+2. The summed E-state index contributed by atoms with van der Waals surface area (Å²) in [6, 6.07) is 11.9. The Morgan fingerprint density at radius 3 is 1.52 bits per heavy atom. The number of unbranched alkanes of at least 4 members (excludes halogenated alkanes) is 1. The van der Waals surface area contributed by atoms with E-state index in [2.05, 4.69) is 145 Å². The zero-order chi connectivity index (χ0) is 30.6. The molecule has 0 aliphatic heterocycles. The van der Waals surface area contributed by atoms with E-state index in [1.54, 1.807) is 24.2 Å². The second-order valence-electron chi connectivity index (χ2n) is 15.1. The van der Waals surface area contributed by atoms with Gasteiger partial charge in [-0.15, -0.1) is 39.7 Å². The van der Waals surface area contributed by atoms with Crippen molar-refractivity contribution in [1.29, 1.82) is 0 Å². The third-order valence-electron chi connectivity index (χ3n) is 7.58. The Kier molecular flexibility index (Phi) is 11.9. The van der Waals surface area contributed by atoms with Gasteiger partial charge in [0.1, 0.15) is 0 Å². The van der Waals surface area contributed by atoms with Gasteiger partial charge in [-0.1, -0.05) is 134 Å². The minimum absolute atomic E-state index is 0.180. The molecule has 3 aromatic rings. The normalized spacial score (nSPS) is 15.5. The van der Waals surface area contributed by atoms with Gasteiger partial charge in [-0.2, -0.15) is 11.6 Å². The van der Waals surface area contributed by atoms with E-state index in [-0.39, 0.29) is 10.8 Å². The van der Waals surface area contributed by atoms with E-state index in [1.807, 2.05) is 0 Å². The zero-order valence-corrected chi connectivity index (χ0v) is 30.7. The Morgan fingerprint density at radius 2 is 1.20 bits per heavy atom. The van der Waals surface area contributed by atoms with Crippen molar-refractivity contribution in [2.75, 3.05) is 0 Å². The summed E-state index contributed by atoms with van der Waals surface area (Å²) in [4.78, 5) is 0. The van der Waals surface area contributed by atoms with Gasteiger partial charge in [0.15, 0.2) is 0 Å². The van der Waals surface area contributed by atoms with Crippen LogP contribution in [-0.2, 0) is 35.1 Å². The van der Waals surface area contributed by atoms with Gasteiger partial charge in [0.25, 0.3) is 0 Å². The first-order valence-corrected chi connectivity index (χ1v) is 16.5. The maximum absolute atomic E-state index is 3.43. The van der Waals surface area contributed by atoms with Gasteiger partial charge in [-0.3, -0.25) is 6.08 Å². The molecule has 40 heavy (non-hydrogen) atoms. The van der Waals surface area contributed by atoms with Gasteiger partial charge in [-0.05, 0) is 24.7 Å². The molecule has 0 radical (unpaired) electrons. The first-order valence-electron chi connectivity index (χ1n) is 15.2. The van der Waals surface area contributed by atoms with Gasteiger partial charge < -0.3 is 0 Å². The fourth-order valence-corrected chi connectivity index (χ4v) is 5.52. The van der Waals surface area contributed by atoms with Crippen molar-refractivity contribution < 1.29 is 24.2 Å². The van der Waals surface area contributed by atoms with Crippen molar-refractivity contribution in [2.45, 2.75) is 127 Å². The molecule has 4 rings (SSSR count). The molecule has 1 aliphatic rings. The number of aryl methyl sites for hydroxylation is 2. The molecular weight excluding hydrogens is 560 g/mol. The van der Waals surface area contributed by atoms with Crippen molar-refractivity contribution in [3.63, 3.8) is 0 Å². The molecule has 1 atom stereocenters. The van der Waals surface area contributed by atoms with Crippen LogP contribution in [0.15, 0.2) is 48.1 Å². The number of hydrogen-bond acceptors (Lipinski definition) is 0. The zero-order valence-electron chi connectivity index (χ0n) is 28.2. The van der Waals surface area contributed by atoms with Crippen LogP contribution in [0.4, 0.5) is 0 Å². The molecule has 0 nitrogen and oxygen atoms in total. The van der Waals surface area contributed by atoms with Crippen LogP contribution >= 0.6 is 0 Å². The molecule has 0 N–H and O–H groups in total. The molecule has 216 valence electrons. The number of rotatable bonds is 3. The largest absolute Gasteiger partial charge is 0.126 e. The second-order valence-corrected chi connectivity index (χ2v) is 17.5. The van der Waals surface area contributed by atoms with E-state index in [9.17, 15) is 0 Å². The monoisotopic (exact) mass is 614 g/mol. The summed E-state index contributed by atoms with van der Waals surface area (Å²) in [6.45, 7) is 31.6. The minimum Gasteiger partial charge on any atom is -0.126 e. The first kappa shape index (κ1) is 34.7. The van der Waals surface area contributed by atoms with Gasteiger partial charge >= 0.3 is 41.3 Å². The van der Waals surface area contributed by atoms with Gasteiger partial charge in [-0.25, -0.2) is 6.08 Å². The number of fused-ring (bicyclic) bond motifs is 3. The Bertz CT molecular complexity index is 1290. The summed E-state index contributed by atoms with van der Waals surface area (Å²) < 4.78 is 1.51. The smallest absolute Gasteiger partial charge is 0.0142 e. The summed E-state index contributed by atoms with van der Waals surface area (Å²) in [5, 5.41) is 5.55. The average Bonchev–Trinajstić information content (AvgIpc) is 3.39. The predicted molar refractivity (Wildman–Crippen MR) is 179 cm³/mol. The first-order chi connectivity index (χ1) is 18.3. The molecule has 0 bridgehead atoms. The predicted octanol–water partition coefficient (Wildman–Crippen LogP) is 11.8. The van der Waals surface area contributed by atoms with Crippen molar-refractivity contribution in [2.24, 2.45) is 11.3 Å². The number of hydrogen-bond donors (Lipinski definition) is 0. The third kappa shape index (κ3) is 9.55. The average molecular weight is 616 g/mol. The van der Waals surface area contributed by atoms with Crippen LogP contribution in [0.3, 0.4) is 0 Å². The molecule has 3 aromatic carbocycles. The summed E-state index contributed by atoms with van der Waals surface area (Å²) in [5.41, 5.74) is 7.81. The maximum Gasteiger partial charge on any atom is -0.0142 e. The summed E-state index contributed by atoms with van der Waals surface area (Å²) in [5.74, 6) is 0.592. The van der Waals surface area contributed by atoms with E-state index >= 15 is 0 Å². The SMILES string of the molecule is CCCCC1[C-]=CC(C(C)(C)C)=C1.C[C](C)=[Zr+2].Cc1cc2[cH-]c3cc(C)c(C(C)(C)C)cc3c2cc1C(C)(C)C. The molecular formula is C39H56Zr. The van der Waals surface area contributed by atoms with Crippen LogP contribution in [0.25, 0.3) is 21.5 Å². The van der Waals surface area contributed by atoms with Gasteiger partial charge in [0, 0.05) is 0 Å². The van der Waals surface area contributed by atoms with Gasteiger partial charge in [0.05, 0.1) is 0 Å². The van der Waals surface area contributed by atoms with E-state index in [0.717, 1.165) is 0 Å². The summed E-state index contributed by atoms with van der Waals surface area (Å²) >= 11 is 1.55. The van der Waals surface area contributed by atoms with E-state index in [0.29, 0.717) is 11.3 Å². The Labute approximate surface area is 262 Å². The van der Waals surface area contributed by atoms with Crippen LogP contribution in [-0.4, -0.2) is 3.21 Å². The molecule has 0 fully saturated rings. The summed E-state index contributed by atoms with van der Waals surface area (Å²) in [6.07, 6.45) is 11.9. The fraction of sp³-hybridized carbons (Fsp3) is 0.538. The topological polar surface area (TPSA) is 0 Å². The van der Waals surface area contributed by atoms with Crippen molar-refractivity contribution in [3.8, 4) is 0 Å². The quantitative estimate of drug-likeness (QED) is 0.257. The van der Waals surface area contributed by atoms with Gasteiger partial charge in [0.2, 0.25) is 0 Å². The Balaban J connectivity index is 0.000000278. The molecule has 1 unspecified atom stereocenters. The van der Waals surface area contributed by atoms with E-state index in [4.69, 9.17) is 0 Å². The molecule has 0 saturated heterocycles. The maximum atomic E-state index is 3.43. The molecule has 0 heterocycles. The fourth-order valence-electron chi connectivity index (χ4n) is 5.52. The molecule has 1 aliphatic carbocycles. The summed E-state index contributed by atoms with van der Waals surface area (Å²) in [7, 11) is 0. The Morgan fingerprint density at radius 1 is 0.775 bits per heavy atom. The second kappa shape index (κ2) is 13.7. The molecule has 0 amide bonds. The minimum atomic E-state index is 0.180. The van der Waals surface area contributed by atoms with Crippen molar-refractivity contribution >= 4 is 24.8 Å². The molecule has 0 spiro atoms. The third-order valence-corrected chi connectivity index (χ3v) is 7.58. The van der Waals surface area contributed by atoms with Crippen molar-refractivity contribution in [3.05, 3.63) is 76.4 Å². The van der Waals surface area contributed by atoms with Crippen LogP contribution in [0, 0.1) is 31.3 Å². The van der Waals surface area contributed by atoms with Crippen molar-refractivity contribution in [1.82, 2.24) is 0 Å². The van der Waals surface area contributed by atoms with Crippen LogP contribution in [0.1, 0.15) is 125 Å². The van der Waals surface area contributed by atoms with Crippen LogP contribution in [0.2, 0.25) is 0 Å². The molecule has 0 aromatic heterocycles. The van der Waals surface area contributed by atoms with Crippen LogP contribution < -0.4 is 0 Å².